The number of aliphatic imine (C=N–C) groups is 1. The summed E-state index contributed by atoms with van der Waals surface area (Å²) >= 11 is 0. The van der Waals surface area contributed by atoms with E-state index in [0.717, 1.165) is 6.42 Å². The van der Waals surface area contributed by atoms with Crippen molar-refractivity contribution in [2.45, 2.75) is 39.7 Å². The van der Waals surface area contributed by atoms with Crippen LogP contribution in [-0.2, 0) is 9.53 Å². The number of nitro groups is 1. The maximum absolute atomic E-state index is 11.9. The lowest BCUT2D eigenvalue weighted by Crippen LogP contribution is -2.45. The molecule has 0 aromatic heterocycles. The molecule has 0 saturated heterocycles. The normalized spacial score (nSPS) is 18.5. The molecule has 0 radical (unpaired) electrons. The third kappa shape index (κ3) is 3.94. The number of carbonyl (C=O) groups is 1. The predicted octanol–water partition coefficient (Wildman–Crippen LogP) is 0.733. The van der Waals surface area contributed by atoms with Crippen molar-refractivity contribution in [2.75, 3.05) is 6.61 Å². The van der Waals surface area contributed by atoms with Gasteiger partial charge in [0.2, 0.25) is 0 Å². The number of carbonyl (C=O) groups excluding carboxylic acids is 1. The van der Waals surface area contributed by atoms with E-state index in [4.69, 9.17) is 4.74 Å². The SMILES string of the molecule is CCC[C@H]1N=C(N[N+](=O)[O-])NC(C)=C1C(=O)OCC. The van der Waals surface area contributed by atoms with Gasteiger partial charge in [-0.25, -0.2) is 19.9 Å². The second kappa shape index (κ2) is 6.72. The van der Waals surface area contributed by atoms with Crippen molar-refractivity contribution in [3.63, 3.8) is 0 Å². The lowest BCUT2D eigenvalue weighted by molar-refractivity contribution is -0.525. The van der Waals surface area contributed by atoms with Crippen LogP contribution in [0.3, 0.4) is 0 Å². The summed E-state index contributed by atoms with van der Waals surface area (Å²) in [5.41, 5.74) is 2.92. The third-order valence-electron chi connectivity index (χ3n) is 2.58. The molecular weight excluding hydrogens is 252 g/mol. The van der Waals surface area contributed by atoms with Crippen LogP contribution in [0.25, 0.3) is 0 Å². The van der Waals surface area contributed by atoms with E-state index in [1.54, 1.807) is 13.8 Å². The minimum absolute atomic E-state index is 0.0361. The largest absolute Gasteiger partial charge is 0.463 e. The Morgan fingerprint density at radius 3 is 2.79 bits per heavy atom. The molecule has 2 N–H and O–H groups in total. The van der Waals surface area contributed by atoms with Gasteiger partial charge in [-0.05, 0) is 20.3 Å². The summed E-state index contributed by atoms with van der Waals surface area (Å²) in [6, 6.07) is -0.423. The maximum atomic E-state index is 11.9. The molecule has 0 amide bonds. The fourth-order valence-corrected chi connectivity index (χ4v) is 1.87. The molecule has 0 aliphatic carbocycles. The van der Waals surface area contributed by atoms with Gasteiger partial charge in [0.15, 0.2) is 5.03 Å². The summed E-state index contributed by atoms with van der Waals surface area (Å²) in [5, 5.41) is 12.4. The molecule has 8 nitrogen and oxygen atoms in total. The van der Waals surface area contributed by atoms with Crippen molar-refractivity contribution < 1.29 is 14.6 Å². The Kier molecular flexibility index (Phi) is 5.28. The van der Waals surface area contributed by atoms with E-state index in [0.29, 0.717) is 17.7 Å². The van der Waals surface area contributed by atoms with Gasteiger partial charge in [0.25, 0.3) is 5.96 Å². The zero-order valence-electron chi connectivity index (χ0n) is 11.2. The van der Waals surface area contributed by atoms with Crippen LogP contribution >= 0.6 is 0 Å². The van der Waals surface area contributed by atoms with Gasteiger partial charge < -0.3 is 10.1 Å². The van der Waals surface area contributed by atoms with Gasteiger partial charge in [0.05, 0.1) is 18.2 Å². The van der Waals surface area contributed by atoms with E-state index in [1.807, 2.05) is 12.3 Å². The summed E-state index contributed by atoms with van der Waals surface area (Å²) in [6.07, 6.45) is 1.42. The van der Waals surface area contributed by atoms with Crippen LogP contribution in [0, 0.1) is 10.1 Å². The number of nitrogens with one attached hydrogen (secondary N) is 2. The summed E-state index contributed by atoms with van der Waals surface area (Å²) in [4.78, 5) is 26.4. The van der Waals surface area contributed by atoms with Crippen LogP contribution in [0.2, 0.25) is 0 Å². The Hall–Kier alpha value is -2.12. The standard InChI is InChI=1S/C11H18N4O4/c1-4-6-8-9(10(16)19-5-2)7(3)12-11(13-8)14-15(17)18/h8H,4-6H2,1-3H3,(H2,12,13,14)/t8-/m1/s1. The molecule has 0 unspecified atom stereocenters. The molecule has 1 atom stereocenters. The Labute approximate surface area is 111 Å². The summed E-state index contributed by atoms with van der Waals surface area (Å²) in [5.74, 6) is -0.399. The van der Waals surface area contributed by atoms with Gasteiger partial charge in [-0.15, -0.1) is 0 Å². The Morgan fingerprint density at radius 1 is 1.58 bits per heavy atom. The smallest absolute Gasteiger partial charge is 0.337 e. The number of rotatable bonds is 5. The summed E-state index contributed by atoms with van der Waals surface area (Å²) < 4.78 is 4.98. The zero-order chi connectivity index (χ0) is 14.4. The molecule has 0 fully saturated rings. The Bertz CT molecular complexity index is 430. The first kappa shape index (κ1) is 14.9. The van der Waals surface area contributed by atoms with Crippen molar-refractivity contribution in [3.8, 4) is 0 Å². The maximum Gasteiger partial charge on any atom is 0.337 e. The van der Waals surface area contributed by atoms with Crippen molar-refractivity contribution >= 4 is 11.9 Å². The van der Waals surface area contributed by atoms with Crippen LogP contribution in [-0.4, -0.2) is 29.6 Å². The van der Waals surface area contributed by atoms with Crippen LogP contribution in [0.5, 0.6) is 0 Å². The molecule has 1 heterocycles. The Balaban J connectivity index is 2.96. The van der Waals surface area contributed by atoms with E-state index in [9.17, 15) is 14.9 Å². The van der Waals surface area contributed by atoms with Crippen molar-refractivity contribution in [1.29, 1.82) is 0 Å². The Morgan fingerprint density at radius 2 is 2.26 bits per heavy atom. The molecule has 1 rings (SSSR count). The molecule has 106 valence electrons. The van der Waals surface area contributed by atoms with Gasteiger partial charge >= 0.3 is 5.97 Å². The first-order chi connectivity index (χ1) is 8.99. The highest BCUT2D eigenvalue weighted by Gasteiger charge is 2.29. The molecule has 19 heavy (non-hydrogen) atoms. The quantitative estimate of drug-likeness (QED) is 0.433. The number of ether oxygens (including phenoxy) is 1. The van der Waals surface area contributed by atoms with Crippen LogP contribution in [0.1, 0.15) is 33.6 Å². The lowest BCUT2D eigenvalue weighted by Gasteiger charge is -2.23. The fraction of sp³-hybridized carbons (Fsp3) is 0.636. The van der Waals surface area contributed by atoms with E-state index in [-0.39, 0.29) is 12.6 Å². The first-order valence-corrected chi connectivity index (χ1v) is 6.13. The molecule has 8 heteroatoms. The molecule has 1 aliphatic rings. The predicted molar refractivity (Wildman–Crippen MR) is 68.7 cm³/mol. The zero-order valence-corrected chi connectivity index (χ0v) is 11.2. The van der Waals surface area contributed by atoms with Crippen LogP contribution in [0.4, 0.5) is 0 Å². The van der Waals surface area contributed by atoms with Crippen LogP contribution in [0.15, 0.2) is 16.3 Å². The minimum Gasteiger partial charge on any atom is -0.463 e. The molecule has 0 aromatic rings. The molecule has 0 bridgehead atoms. The summed E-state index contributed by atoms with van der Waals surface area (Å²) in [7, 11) is 0. The third-order valence-corrected chi connectivity index (χ3v) is 2.58. The van der Waals surface area contributed by atoms with Gasteiger partial charge in [-0.3, -0.25) is 0 Å². The summed E-state index contributed by atoms with van der Waals surface area (Å²) in [6.45, 7) is 5.63. The first-order valence-electron chi connectivity index (χ1n) is 6.13. The molecule has 0 aromatic carbocycles. The molecular formula is C11H18N4O4. The van der Waals surface area contributed by atoms with Crippen molar-refractivity contribution in [1.82, 2.24) is 10.7 Å². The minimum atomic E-state index is -0.697. The van der Waals surface area contributed by atoms with Gasteiger partial charge in [-0.1, -0.05) is 18.8 Å². The van der Waals surface area contributed by atoms with Gasteiger partial charge in [0.1, 0.15) is 0 Å². The molecule has 0 spiro atoms. The second-order valence-corrected chi connectivity index (χ2v) is 4.04. The highest BCUT2D eigenvalue weighted by atomic mass is 16.7. The lowest BCUT2D eigenvalue weighted by atomic mass is 10.00. The monoisotopic (exact) mass is 270 g/mol. The number of guanidine groups is 1. The topological polar surface area (TPSA) is 106 Å². The van der Waals surface area contributed by atoms with E-state index in [2.05, 4.69) is 10.3 Å². The van der Waals surface area contributed by atoms with E-state index >= 15 is 0 Å². The van der Waals surface area contributed by atoms with E-state index < -0.39 is 17.0 Å². The number of hydrogen-bond acceptors (Lipinski definition) is 6. The number of nitrogens with zero attached hydrogens (tertiary/aromatic N) is 2. The fourth-order valence-electron chi connectivity index (χ4n) is 1.87. The van der Waals surface area contributed by atoms with Crippen molar-refractivity contribution in [3.05, 3.63) is 21.4 Å². The molecule has 1 aliphatic heterocycles. The number of hydrogen-bond donors (Lipinski definition) is 2. The average molecular weight is 270 g/mol. The average Bonchev–Trinajstić information content (AvgIpc) is 2.27. The van der Waals surface area contributed by atoms with Crippen molar-refractivity contribution in [2.24, 2.45) is 4.99 Å². The van der Waals surface area contributed by atoms with E-state index in [1.165, 1.54) is 0 Å². The van der Waals surface area contributed by atoms with Crippen LogP contribution < -0.4 is 10.7 Å². The van der Waals surface area contributed by atoms with Gasteiger partial charge in [-0.2, -0.15) is 0 Å². The molecule has 0 saturated carbocycles. The number of hydrazine groups is 1. The number of esters is 1. The van der Waals surface area contributed by atoms with Gasteiger partial charge in [0, 0.05) is 5.70 Å². The number of allylic oxidation sites excluding steroid dienone is 1. The highest BCUT2D eigenvalue weighted by molar-refractivity contribution is 5.94. The second-order valence-electron chi connectivity index (χ2n) is 4.04. The highest BCUT2D eigenvalue weighted by Crippen LogP contribution is 2.20.